The highest BCUT2D eigenvalue weighted by molar-refractivity contribution is 7.09. The molecular weight excluding hydrogens is 362 g/mol. The number of hydrogen-bond acceptors (Lipinski definition) is 5. The van der Waals surface area contributed by atoms with Gasteiger partial charge >= 0.3 is 0 Å². The summed E-state index contributed by atoms with van der Waals surface area (Å²) >= 11 is 1.59. The molecule has 1 saturated heterocycles. The van der Waals surface area contributed by atoms with Crippen molar-refractivity contribution in [1.82, 2.24) is 15.6 Å². The van der Waals surface area contributed by atoms with Gasteiger partial charge in [-0.1, -0.05) is 12.1 Å². The molecule has 0 saturated carbocycles. The summed E-state index contributed by atoms with van der Waals surface area (Å²) < 4.78 is 5.76. The monoisotopic (exact) mass is 385 g/mol. The van der Waals surface area contributed by atoms with Crippen molar-refractivity contribution < 1.29 is 14.3 Å². The number of rotatable bonds is 6. The van der Waals surface area contributed by atoms with E-state index in [0.29, 0.717) is 25.3 Å². The molecule has 27 heavy (non-hydrogen) atoms. The molecule has 3 rings (SSSR count). The maximum Gasteiger partial charge on any atom is 0.244 e. The van der Waals surface area contributed by atoms with Crippen LogP contribution in [0.15, 0.2) is 35.7 Å². The molecule has 0 radical (unpaired) electrons. The fourth-order valence-electron chi connectivity index (χ4n) is 2.81. The molecule has 1 aromatic heterocycles. The number of aromatic nitrogens is 1. The van der Waals surface area contributed by atoms with Crippen molar-refractivity contribution in [3.63, 3.8) is 0 Å². The number of carbonyl (C=O) groups is 2. The van der Waals surface area contributed by atoms with Gasteiger partial charge in [-0.15, -0.1) is 11.3 Å². The third-order valence-electron chi connectivity index (χ3n) is 4.19. The molecule has 142 valence electrons. The molecule has 1 aliphatic rings. The number of nitrogens with zero attached hydrogens (tertiary/aromatic N) is 1. The summed E-state index contributed by atoms with van der Waals surface area (Å²) in [4.78, 5) is 28.4. The highest BCUT2D eigenvalue weighted by atomic mass is 32.1. The molecule has 1 unspecified atom stereocenters. The molecule has 1 fully saturated rings. The lowest BCUT2D eigenvalue weighted by Gasteiger charge is -2.13. The summed E-state index contributed by atoms with van der Waals surface area (Å²) in [6.45, 7) is 3.05. The molecule has 1 aliphatic heterocycles. The van der Waals surface area contributed by atoms with Crippen LogP contribution in [0.25, 0.3) is 6.08 Å². The second-order valence-corrected chi connectivity index (χ2v) is 7.46. The van der Waals surface area contributed by atoms with Crippen LogP contribution in [-0.4, -0.2) is 29.4 Å². The number of nitrogens with one attached hydrogen (secondary N) is 2. The number of hydrogen-bond donors (Lipinski definition) is 2. The SMILES string of the molecule is Cc1nc(COc2cccc(C=CC(=O)NC3CCCCNC3=O)c2)cs1. The van der Waals surface area contributed by atoms with Gasteiger partial charge in [0.25, 0.3) is 0 Å². The Kier molecular flexibility index (Phi) is 6.59. The summed E-state index contributed by atoms with van der Waals surface area (Å²) in [6.07, 6.45) is 5.70. The van der Waals surface area contributed by atoms with E-state index in [1.807, 2.05) is 36.6 Å². The highest BCUT2D eigenvalue weighted by Crippen LogP contribution is 2.17. The van der Waals surface area contributed by atoms with Crippen LogP contribution >= 0.6 is 11.3 Å². The third kappa shape index (κ3) is 5.92. The Morgan fingerprint density at radius 2 is 2.33 bits per heavy atom. The van der Waals surface area contributed by atoms with Crippen LogP contribution in [0.3, 0.4) is 0 Å². The molecule has 6 nitrogen and oxygen atoms in total. The number of carbonyl (C=O) groups excluding carboxylic acids is 2. The minimum atomic E-state index is -0.458. The van der Waals surface area contributed by atoms with Gasteiger partial charge in [-0.2, -0.15) is 0 Å². The summed E-state index contributed by atoms with van der Waals surface area (Å²) in [6, 6.07) is 7.04. The molecule has 0 aliphatic carbocycles. The minimum Gasteiger partial charge on any atom is -0.487 e. The second-order valence-electron chi connectivity index (χ2n) is 6.40. The molecule has 0 spiro atoms. The third-order valence-corrected chi connectivity index (χ3v) is 5.01. The van der Waals surface area contributed by atoms with Gasteiger partial charge in [-0.05, 0) is 50.0 Å². The molecule has 7 heteroatoms. The number of thiazole rings is 1. The van der Waals surface area contributed by atoms with E-state index in [1.54, 1.807) is 17.4 Å². The Morgan fingerprint density at radius 1 is 1.44 bits per heavy atom. The predicted octanol–water partition coefficient (Wildman–Crippen LogP) is 2.83. The van der Waals surface area contributed by atoms with E-state index in [0.717, 1.165) is 29.1 Å². The average molecular weight is 385 g/mol. The molecule has 2 heterocycles. The van der Waals surface area contributed by atoms with Gasteiger partial charge in [0, 0.05) is 18.0 Å². The number of ether oxygens (including phenoxy) is 1. The summed E-state index contributed by atoms with van der Waals surface area (Å²) in [5, 5.41) is 8.57. The fraction of sp³-hybridized carbons (Fsp3) is 0.350. The van der Waals surface area contributed by atoms with E-state index in [2.05, 4.69) is 15.6 Å². The van der Waals surface area contributed by atoms with Gasteiger partial charge in [-0.25, -0.2) is 4.98 Å². The van der Waals surface area contributed by atoms with E-state index in [1.165, 1.54) is 6.08 Å². The molecular formula is C20H23N3O3S. The van der Waals surface area contributed by atoms with Crippen molar-refractivity contribution in [2.24, 2.45) is 0 Å². The topological polar surface area (TPSA) is 80.3 Å². The zero-order valence-corrected chi connectivity index (χ0v) is 16.1. The van der Waals surface area contributed by atoms with Crippen LogP contribution < -0.4 is 15.4 Å². The molecule has 2 N–H and O–H groups in total. The maximum absolute atomic E-state index is 12.1. The van der Waals surface area contributed by atoms with Crippen molar-refractivity contribution in [3.8, 4) is 5.75 Å². The first kappa shape index (κ1) is 19.1. The van der Waals surface area contributed by atoms with Crippen LogP contribution in [0.1, 0.15) is 35.5 Å². The molecule has 0 bridgehead atoms. The molecule has 2 aromatic rings. The van der Waals surface area contributed by atoms with E-state index >= 15 is 0 Å². The molecule has 1 aromatic carbocycles. The molecule has 1 atom stereocenters. The summed E-state index contributed by atoms with van der Waals surface area (Å²) in [5.74, 6) is 0.328. The van der Waals surface area contributed by atoms with Gasteiger partial charge in [0.05, 0.1) is 10.7 Å². The fourth-order valence-corrected chi connectivity index (χ4v) is 3.41. The first-order valence-electron chi connectivity index (χ1n) is 9.00. The second kappa shape index (κ2) is 9.32. The van der Waals surface area contributed by atoms with Crippen LogP contribution in [-0.2, 0) is 16.2 Å². The lowest BCUT2D eigenvalue weighted by atomic mass is 10.1. The Balaban J connectivity index is 1.54. The number of aryl methyl sites for hydroxylation is 1. The lowest BCUT2D eigenvalue weighted by molar-refractivity contribution is -0.126. The van der Waals surface area contributed by atoms with Crippen molar-refractivity contribution >= 4 is 29.2 Å². The van der Waals surface area contributed by atoms with Gasteiger partial charge in [-0.3, -0.25) is 9.59 Å². The summed E-state index contributed by atoms with van der Waals surface area (Å²) in [5.41, 5.74) is 1.75. The van der Waals surface area contributed by atoms with Crippen molar-refractivity contribution in [1.29, 1.82) is 0 Å². The quantitative estimate of drug-likeness (QED) is 0.750. The van der Waals surface area contributed by atoms with Gasteiger partial charge in [0.1, 0.15) is 18.4 Å². The van der Waals surface area contributed by atoms with E-state index in [4.69, 9.17) is 4.74 Å². The van der Waals surface area contributed by atoms with Gasteiger partial charge in [0.15, 0.2) is 0 Å². The highest BCUT2D eigenvalue weighted by Gasteiger charge is 2.21. The standard InChI is InChI=1S/C20H23N3O3S/c1-14-22-16(13-27-14)12-26-17-6-4-5-15(11-17)8-9-19(24)23-18-7-2-3-10-21-20(18)25/h4-6,8-9,11,13,18H,2-3,7,10,12H2,1H3,(H,21,25)(H,23,24). The Labute approximate surface area is 162 Å². The van der Waals surface area contributed by atoms with E-state index in [9.17, 15) is 9.59 Å². The van der Waals surface area contributed by atoms with Crippen LogP contribution in [0.4, 0.5) is 0 Å². The van der Waals surface area contributed by atoms with Crippen LogP contribution in [0.2, 0.25) is 0 Å². The lowest BCUT2D eigenvalue weighted by Crippen LogP contribution is -2.44. The maximum atomic E-state index is 12.1. The zero-order valence-electron chi connectivity index (χ0n) is 15.2. The first-order valence-corrected chi connectivity index (χ1v) is 9.88. The summed E-state index contributed by atoms with van der Waals surface area (Å²) in [7, 11) is 0. The predicted molar refractivity (Wildman–Crippen MR) is 105 cm³/mol. The minimum absolute atomic E-state index is 0.109. The Bertz CT molecular complexity index is 831. The van der Waals surface area contributed by atoms with Crippen LogP contribution in [0.5, 0.6) is 5.75 Å². The smallest absolute Gasteiger partial charge is 0.244 e. The average Bonchev–Trinajstić information content (AvgIpc) is 2.98. The van der Waals surface area contributed by atoms with Crippen molar-refractivity contribution in [2.45, 2.75) is 38.8 Å². The normalized spacial score (nSPS) is 17.4. The zero-order chi connectivity index (χ0) is 19.1. The van der Waals surface area contributed by atoms with E-state index in [-0.39, 0.29) is 11.8 Å². The Hall–Kier alpha value is -2.67. The number of amides is 2. The largest absolute Gasteiger partial charge is 0.487 e. The Morgan fingerprint density at radius 3 is 3.15 bits per heavy atom. The van der Waals surface area contributed by atoms with Crippen molar-refractivity contribution in [3.05, 3.63) is 52.0 Å². The van der Waals surface area contributed by atoms with Crippen molar-refractivity contribution in [2.75, 3.05) is 6.54 Å². The first-order chi connectivity index (χ1) is 13.1. The van der Waals surface area contributed by atoms with Crippen LogP contribution in [0, 0.1) is 6.92 Å². The van der Waals surface area contributed by atoms with Gasteiger partial charge < -0.3 is 15.4 Å². The van der Waals surface area contributed by atoms with E-state index < -0.39 is 6.04 Å². The van der Waals surface area contributed by atoms with Gasteiger partial charge in [0.2, 0.25) is 11.8 Å². The number of benzene rings is 1. The molecule has 2 amide bonds.